The lowest BCUT2D eigenvalue weighted by molar-refractivity contribution is -0.153. The summed E-state index contributed by atoms with van der Waals surface area (Å²) in [6, 6.07) is 8.39. The molecule has 0 aliphatic heterocycles. The summed E-state index contributed by atoms with van der Waals surface area (Å²) < 4.78 is 65.9. The molecule has 3 aromatic rings. The highest BCUT2D eigenvalue weighted by atomic mass is 35.5. The predicted octanol–water partition coefficient (Wildman–Crippen LogP) is 5.32. The van der Waals surface area contributed by atoms with Gasteiger partial charge in [0.2, 0.25) is 0 Å². The van der Waals surface area contributed by atoms with Crippen molar-refractivity contribution in [3.8, 4) is 28.6 Å². The van der Waals surface area contributed by atoms with E-state index in [9.17, 15) is 22.8 Å². The van der Waals surface area contributed by atoms with E-state index in [1.165, 1.54) is 37.4 Å². The van der Waals surface area contributed by atoms with E-state index in [4.69, 9.17) is 40.1 Å². The van der Waals surface area contributed by atoms with Gasteiger partial charge in [0, 0.05) is 12.1 Å². The van der Waals surface area contributed by atoms with Crippen molar-refractivity contribution in [3.63, 3.8) is 0 Å². The molecular formula is C25H22ClF3O8. The predicted molar refractivity (Wildman–Crippen MR) is 127 cm³/mol. The number of para-hydroxylation sites is 1. The average molecular weight is 543 g/mol. The summed E-state index contributed by atoms with van der Waals surface area (Å²) in [5.41, 5.74) is -0.182. The molecule has 1 aliphatic rings. The summed E-state index contributed by atoms with van der Waals surface area (Å²) in [5, 5.41) is 9.37. The number of alkyl halides is 3. The third-order valence-corrected chi connectivity index (χ3v) is 6.07. The van der Waals surface area contributed by atoms with Crippen molar-refractivity contribution in [2.45, 2.75) is 25.1 Å². The van der Waals surface area contributed by atoms with Gasteiger partial charge in [-0.25, -0.2) is 0 Å². The van der Waals surface area contributed by atoms with Crippen molar-refractivity contribution < 1.29 is 46.4 Å². The lowest BCUT2D eigenvalue weighted by Crippen LogP contribution is -2.37. The average Bonchev–Trinajstić information content (AvgIpc) is 2.81. The van der Waals surface area contributed by atoms with E-state index in [1.54, 1.807) is 6.07 Å². The number of benzene rings is 2. The first kappa shape index (κ1) is 26.6. The fourth-order valence-corrected chi connectivity index (χ4v) is 4.04. The smallest absolute Gasteiger partial charge is 0.422 e. The minimum atomic E-state index is -4.60. The molecule has 1 heterocycles. The number of carboxylic acid groups (broad SMARTS) is 1. The van der Waals surface area contributed by atoms with Crippen molar-refractivity contribution in [3.05, 3.63) is 51.6 Å². The summed E-state index contributed by atoms with van der Waals surface area (Å²) in [6.45, 7) is -1.42. The Morgan fingerprint density at radius 2 is 1.86 bits per heavy atom. The van der Waals surface area contributed by atoms with Gasteiger partial charge < -0.3 is 28.5 Å². The highest BCUT2D eigenvalue weighted by molar-refractivity contribution is 6.34. The Morgan fingerprint density at radius 1 is 1.11 bits per heavy atom. The van der Waals surface area contributed by atoms with Crippen LogP contribution < -0.4 is 19.6 Å². The zero-order valence-corrected chi connectivity index (χ0v) is 20.2. The highest BCUT2D eigenvalue weighted by Crippen LogP contribution is 2.41. The first-order chi connectivity index (χ1) is 17.6. The van der Waals surface area contributed by atoms with Crippen LogP contribution in [0.25, 0.3) is 22.3 Å². The molecule has 2 aromatic carbocycles. The van der Waals surface area contributed by atoms with Crippen LogP contribution in [0.2, 0.25) is 5.02 Å². The second-order valence-electron chi connectivity index (χ2n) is 8.34. The van der Waals surface area contributed by atoms with Gasteiger partial charge >= 0.3 is 12.1 Å². The largest absolute Gasteiger partial charge is 0.493 e. The van der Waals surface area contributed by atoms with Gasteiger partial charge in [0.25, 0.3) is 0 Å². The van der Waals surface area contributed by atoms with Crippen LogP contribution in [0.3, 0.4) is 0 Å². The lowest BCUT2D eigenvalue weighted by atomic mass is 9.82. The molecule has 12 heteroatoms. The Bertz CT molecular complexity index is 1350. The fourth-order valence-electron chi connectivity index (χ4n) is 3.83. The number of carbonyl (C=O) groups is 1. The second-order valence-corrected chi connectivity index (χ2v) is 8.75. The van der Waals surface area contributed by atoms with Crippen molar-refractivity contribution in [2.24, 2.45) is 5.92 Å². The van der Waals surface area contributed by atoms with Gasteiger partial charge in [-0.15, -0.1) is 0 Å². The van der Waals surface area contributed by atoms with Crippen LogP contribution in [0.4, 0.5) is 13.2 Å². The second kappa shape index (κ2) is 10.9. The molecule has 0 atom stereocenters. The molecule has 37 heavy (non-hydrogen) atoms. The molecule has 1 N–H and O–H groups in total. The molecule has 4 rings (SSSR count). The van der Waals surface area contributed by atoms with Crippen molar-refractivity contribution >= 4 is 28.5 Å². The van der Waals surface area contributed by atoms with Crippen molar-refractivity contribution in [1.29, 1.82) is 0 Å². The molecule has 1 fully saturated rings. The van der Waals surface area contributed by atoms with E-state index < -0.39 is 30.1 Å². The molecule has 0 saturated heterocycles. The maximum atomic E-state index is 12.8. The molecule has 1 aliphatic carbocycles. The first-order valence-corrected chi connectivity index (χ1v) is 11.5. The fraction of sp³-hybridized carbons (Fsp3) is 0.360. The highest BCUT2D eigenvalue weighted by Gasteiger charge is 2.35. The van der Waals surface area contributed by atoms with Gasteiger partial charge in [0.1, 0.15) is 18.1 Å². The van der Waals surface area contributed by atoms with Crippen LogP contribution in [-0.2, 0) is 9.53 Å². The number of fused-ring (bicyclic) bond motifs is 1. The maximum Gasteiger partial charge on any atom is 0.422 e. The van der Waals surface area contributed by atoms with Crippen LogP contribution in [-0.4, -0.2) is 50.3 Å². The normalized spacial score (nSPS) is 17.3. The zero-order chi connectivity index (χ0) is 26.7. The lowest BCUT2D eigenvalue weighted by Gasteiger charge is -2.32. The van der Waals surface area contributed by atoms with Gasteiger partial charge in [0.15, 0.2) is 29.1 Å². The maximum absolute atomic E-state index is 12.8. The molecule has 0 radical (unpaired) electrons. The SMILES string of the molecule is COc1cc(OCCOC2CC(C(=O)O)C2)c(-c2cc(=O)c3cccc(Cl)c3o2)cc1OCC(F)(F)F. The van der Waals surface area contributed by atoms with Gasteiger partial charge in [-0.1, -0.05) is 17.7 Å². The van der Waals surface area contributed by atoms with E-state index in [-0.39, 0.29) is 63.9 Å². The Labute approximate surface area is 213 Å². The van der Waals surface area contributed by atoms with Crippen molar-refractivity contribution in [1.82, 2.24) is 0 Å². The number of hydrogen-bond acceptors (Lipinski definition) is 7. The van der Waals surface area contributed by atoms with Crippen molar-refractivity contribution in [2.75, 3.05) is 26.9 Å². The molecule has 1 saturated carbocycles. The summed E-state index contributed by atoms with van der Waals surface area (Å²) in [5.74, 6) is -1.44. The van der Waals surface area contributed by atoms with E-state index >= 15 is 0 Å². The Balaban J connectivity index is 1.63. The summed E-state index contributed by atoms with van der Waals surface area (Å²) in [4.78, 5) is 23.7. The van der Waals surface area contributed by atoms with E-state index in [0.717, 1.165) is 0 Å². The minimum absolute atomic E-state index is 0.00989. The zero-order valence-electron chi connectivity index (χ0n) is 19.5. The number of aliphatic carboxylic acids is 1. The third-order valence-electron chi connectivity index (χ3n) is 5.77. The van der Waals surface area contributed by atoms with E-state index in [0.29, 0.717) is 12.8 Å². The van der Waals surface area contributed by atoms with Gasteiger partial charge in [-0.3, -0.25) is 9.59 Å². The summed E-state index contributed by atoms with van der Waals surface area (Å²) in [7, 11) is 1.26. The number of hydrogen-bond donors (Lipinski definition) is 1. The topological polar surface area (TPSA) is 104 Å². The summed E-state index contributed by atoms with van der Waals surface area (Å²) >= 11 is 6.20. The molecule has 8 nitrogen and oxygen atoms in total. The number of rotatable bonds is 10. The van der Waals surface area contributed by atoms with E-state index in [1.807, 2.05) is 0 Å². The first-order valence-electron chi connectivity index (χ1n) is 11.2. The molecule has 1 aromatic heterocycles. The van der Waals surface area contributed by atoms with Gasteiger partial charge in [0.05, 0.1) is 41.7 Å². The van der Waals surface area contributed by atoms with Crippen LogP contribution in [0.5, 0.6) is 17.2 Å². The number of ether oxygens (including phenoxy) is 4. The quantitative estimate of drug-likeness (QED) is 0.343. The molecule has 0 spiro atoms. The van der Waals surface area contributed by atoms with Gasteiger partial charge in [-0.2, -0.15) is 13.2 Å². The van der Waals surface area contributed by atoms with Crippen LogP contribution in [0.15, 0.2) is 45.6 Å². The molecule has 0 amide bonds. The van der Waals surface area contributed by atoms with Gasteiger partial charge in [-0.05, 0) is 31.0 Å². The molecule has 198 valence electrons. The standard InChI is InChI=1S/C25H22ClF3O8/c1-33-21-11-19(35-6-5-34-14-7-13(8-14)24(31)32)16(9-22(21)36-12-25(27,28)29)20-10-18(30)15-3-2-4-17(26)23(15)37-20/h2-4,9-11,13-14H,5-8,12H2,1H3,(H,31,32). The minimum Gasteiger partial charge on any atom is -0.493 e. The number of methoxy groups -OCH3 is 1. The van der Waals surface area contributed by atoms with Crippen LogP contribution in [0, 0.1) is 5.92 Å². The Morgan fingerprint density at radius 3 is 2.54 bits per heavy atom. The van der Waals surface area contributed by atoms with Crippen LogP contribution in [0.1, 0.15) is 12.8 Å². The number of carboxylic acids is 1. The summed E-state index contributed by atoms with van der Waals surface area (Å²) in [6.07, 6.45) is -3.98. The third kappa shape index (κ3) is 6.28. The number of halogens is 4. The van der Waals surface area contributed by atoms with E-state index in [2.05, 4.69) is 0 Å². The molecule has 0 unspecified atom stereocenters. The molecular weight excluding hydrogens is 521 g/mol. The molecule has 0 bridgehead atoms. The van der Waals surface area contributed by atoms with Crippen LogP contribution >= 0.6 is 11.6 Å². The monoisotopic (exact) mass is 542 g/mol. The Kier molecular flexibility index (Phi) is 7.84. The Hall–Kier alpha value is -3.44.